The van der Waals surface area contributed by atoms with E-state index in [1.165, 1.54) is 0 Å². The molecule has 0 radical (unpaired) electrons. The number of likely N-dealkylation sites (tertiary alicyclic amines) is 1. The third-order valence-electron chi connectivity index (χ3n) is 6.44. The quantitative estimate of drug-likeness (QED) is 0.781. The molecule has 162 valence electrons. The predicted octanol–water partition coefficient (Wildman–Crippen LogP) is 0.555. The molecule has 3 aliphatic rings. The smallest absolute Gasteiger partial charge is 0.247 e. The van der Waals surface area contributed by atoms with E-state index < -0.39 is 0 Å². The van der Waals surface area contributed by atoms with E-state index >= 15 is 0 Å². The number of fused-ring (bicyclic) bond motifs is 1. The Bertz CT molecular complexity index is 793. The highest BCUT2D eigenvalue weighted by atomic mass is 16.2. The van der Waals surface area contributed by atoms with Crippen molar-refractivity contribution in [3.05, 3.63) is 30.3 Å². The van der Waals surface area contributed by atoms with Gasteiger partial charge < -0.3 is 14.7 Å². The zero-order chi connectivity index (χ0) is 21.3. The monoisotopic (exact) mass is 413 g/mol. The number of piperazine rings is 1. The van der Waals surface area contributed by atoms with Crippen molar-refractivity contribution in [1.29, 1.82) is 0 Å². The lowest BCUT2D eigenvalue weighted by Gasteiger charge is -2.41. The largest absolute Gasteiger partial charge is 0.339 e. The Morgan fingerprint density at radius 2 is 1.70 bits per heavy atom. The Labute approximate surface area is 177 Å². The van der Waals surface area contributed by atoms with Crippen LogP contribution in [0.4, 0.5) is 5.69 Å². The van der Waals surface area contributed by atoms with Gasteiger partial charge >= 0.3 is 0 Å². The fourth-order valence-corrected chi connectivity index (χ4v) is 4.84. The van der Waals surface area contributed by atoms with Gasteiger partial charge in [-0.25, -0.2) is 10.4 Å². The van der Waals surface area contributed by atoms with Crippen molar-refractivity contribution in [2.45, 2.75) is 25.8 Å². The highest BCUT2D eigenvalue weighted by molar-refractivity contribution is 5.98. The van der Waals surface area contributed by atoms with Crippen LogP contribution >= 0.6 is 0 Å². The second-order valence-electron chi connectivity index (χ2n) is 8.55. The predicted molar refractivity (Wildman–Crippen MR) is 113 cm³/mol. The normalized spacial score (nSPS) is 27.3. The van der Waals surface area contributed by atoms with E-state index in [9.17, 15) is 14.4 Å². The van der Waals surface area contributed by atoms with E-state index in [4.69, 9.17) is 0 Å². The van der Waals surface area contributed by atoms with Crippen molar-refractivity contribution in [2.24, 2.45) is 11.8 Å². The molecule has 0 aromatic heterocycles. The number of hydrazine groups is 1. The molecule has 3 fully saturated rings. The van der Waals surface area contributed by atoms with Crippen LogP contribution in [0.2, 0.25) is 0 Å². The Balaban J connectivity index is 1.45. The number of rotatable bonds is 4. The lowest BCUT2D eigenvalue weighted by Crippen LogP contribution is -2.59. The maximum atomic E-state index is 13.4. The van der Waals surface area contributed by atoms with Crippen molar-refractivity contribution in [1.82, 2.24) is 20.1 Å². The summed E-state index contributed by atoms with van der Waals surface area (Å²) in [7, 11) is 1.97. The minimum atomic E-state index is -0.288. The number of para-hydroxylation sites is 1. The van der Waals surface area contributed by atoms with Crippen LogP contribution in [0.25, 0.3) is 0 Å². The summed E-state index contributed by atoms with van der Waals surface area (Å²) < 4.78 is 0. The summed E-state index contributed by atoms with van der Waals surface area (Å²) in [6.07, 6.45) is 1.40. The van der Waals surface area contributed by atoms with Crippen LogP contribution in [0.15, 0.2) is 30.3 Å². The molecule has 1 aromatic rings. The van der Waals surface area contributed by atoms with Gasteiger partial charge in [0.25, 0.3) is 0 Å². The van der Waals surface area contributed by atoms with Gasteiger partial charge in [-0.2, -0.15) is 0 Å². The first kappa shape index (κ1) is 20.8. The molecule has 3 atom stereocenters. The highest BCUT2D eigenvalue weighted by Gasteiger charge is 2.51. The molecule has 0 bridgehead atoms. The molecule has 1 aromatic carbocycles. The van der Waals surface area contributed by atoms with Crippen molar-refractivity contribution in [3.63, 3.8) is 0 Å². The van der Waals surface area contributed by atoms with E-state index in [0.29, 0.717) is 45.7 Å². The number of anilines is 1. The minimum Gasteiger partial charge on any atom is -0.339 e. The maximum Gasteiger partial charge on any atom is 0.247 e. The van der Waals surface area contributed by atoms with Gasteiger partial charge in [-0.15, -0.1) is 0 Å². The standard InChI is InChI=1S/C22H31N5O3/c1-3-7-19(28)25-10-12-26(13-11-25)21(29)17-14-24(2)15-18-20(17)23-27(22(18)30)16-8-5-4-6-9-16/h4-6,8-9,17-18,20,23H,3,7,10-15H2,1-2H3. The fourth-order valence-electron chi connectivity index (χ4n) is 4.84. The molecule has 30 heavy (non-hydrogen) atoms. The number of hydrogen-bond donors (Lipinski definition) is 1. The van der Waals surface area contributed by atoms with Crippen molar-refractivity contribution in [2.75, 3.05) is 51.3 Å². The first-order valence-electron chi connectivity index (χ1n) is 10.9. The molecule has 0 aliphatic carbocycles. The zero-order valence-electron chi connectivity index (χ0n) is 17.8. The number of carbonyl (C=O) groups is 3. The molecule has 3 unspecified atom stereocenters. The Hall–Kier alpha value is -2.45. The molecule has 3 saturated heterocycles. The van der Waals surface area contributed by atoms with Crippen molar-refractivity contribution < 1.29 is 14.4 Å². The van der Waals surface area contributed by atoms with Gasteiger partial charge in [0.1, 0.15) is 0 Å². The van der Waals surface area contributed by atoms with Crippen LogP contribution in [0.1, 0.15) is 19.8 Å². The summed E-state index contributed by atoms with van der Waals surface area (Å²) in [6, 6.07) is 9.31. The van der Waals surface area contributed by atoms with E-state index in [2.05, 4.69) is 10.3 Å². The number of nitrogens with one attached hydrogen (secondary N) is 1. The zero-order valence-corrected chi connectivity index (χ0v) is 17.8. The van der Waals surface area contributed by atoms with Crippen LogP contribution < -0.4 is 10.4 Å². The number of hydrogen-bond acceptors (Lipinski definition) is 5. The average Bonchev–Trinajstić information content (AvgIpc) is 3.10. The van der Waals surface area contributed by atoms with Gasteiger partial charge in [-0.1, -0.05) is 25.1 Å². The van der Waals surface area contributed by atoms with Gasteiger partial charge in [0, 0.05) is 45.7 Å². The topological polar surface area (TPSA) is 76.2 Å². The molecule has 8 heteroatoms. The lowest BCUT2D eigenvalue weighted by atomic mass is 9.84. The van der Waals surface area contributed by atoms with Gasteiger partial charge in [0.05, 0.1) is 23.6 Å². The summed E-state index contributed by atoms with van der Waals surface area (Å²) in [6.45, 7) is 5.56. The van der Waals surface area contributed by atoms with E-state index in [0.717, 1.165) is 12.1 Å². The molecular formula is C22H31N5O3. The second kappa shape index (κ2) is 8.73. The summed E-state index contributed by atoms with van der Waals surface area (Å²) in [5, 5.41) is 1.61. The summed E-state index contributed by atoms with van der Waals surface area (Å²) in [5.74, 6) is -0.266. The molecule has 0 saturated carbocycles. The molecule has 3 aliphatic heterocycles. The van der Waals surface area contributed by atoms with Crippen LogP contribution in [0.3, 0.4) is 0 Å². The van der Waals surface area contributed by atoms with Gasteiger partial charge in [0.2, 0.25) is 17.7 Å². The molecule has 8 nitrogen and oxygen atoms in total. The molecule has 4 rings (SSSR count). The third kappa shape index (κ3) is 3.94. The Morgan fingerprint density at radius 3 is 2.37 bits per heavy atom. The Kier molecular flexibility index (Phi) is 6.06. The molecule has 3 heterocycles. The van der Waals surface area contributed by atoms with Crippen LogP contribution in [0.5, 0.6) is 0 Å². The van der Waals surface area contributed by atoms with Gasteiger partial charge in [-0.05, 0) is 25.6 Å². The maximum absolute atomic E-state index is 13.4. The van der Waals surface area contributed by atoms with E-state index in [1.807, 2.05) is 54.1 Å². The average molecular weight is 414 g/mol. The second-order valence-corrected chi connectivity index (χ2v) is 8.55. The summed E-state index contributed by atoms with van der Waals surface area (Å²) in [5.41, 5.74) is 4.14. The van der Waals surface area contributed by atoms with Gasteiger partial charge in [0.15, 0.2) is 0 Å². The van der Waals surface area contributed by atoms with Crippen molar-refractivity contribution >= 4 is 23.4 Å². The molecule has 0 spiro atoms. The number of benzene rings is 1. The highest BCUT2D eigenvalue weighted by Crippen LogP contribution is 2.32. The molecule has 3 amide bonds. The first-order chi connectivity index (χ1) is 14.5. The van der Waals surface area contributed by atoms with Crippen molar-refractivity contribution in [3.8, 4) is 0 Å². The van der Waals surface area contributed by atoms with Crippen LogP contribution in [-0.4, -0.2) is 84.8 Å². The van der Waals surface area contributed by atoms with Crippen LogP contribution in [0, 0.1) is 11.8 Å². The number of nitrogens with zero attached hydrogens (tertiary/aromatic N) is 4. The van der Waals surface area contributed by atoms with Crippen LogP contribution in [-0.2, 0) is 14.4 Å². The number of amides is 3. The minimum absolute atomic E-state index is 0.0190. The molecular weight excluding hydrogens is 382 g/mol. The third-order valence-corrected chi connectivity index (χ3v) is 6.44. The fraction of sp³-hybridized carbons (Fsp3) is 0.591. The number of carbonyl (C=O) groups excluding carboxylic acids is 3. The lowest BCUT2D eigenvalue weighted by molar-refractivity contribution is -0.144. The van der Waals surface area contributed by atoms with Gasteiger partial charge in [-0.3, -0.25) is 14.4 Å². The summed E-state index contributed by atoms with van der Waals surface area (Å²) in [4.78, 5) is 44.4. The first-order valence-corrected chi connectivity index (χ1v) is 10.9. The molecule has 1 N–H and O–H groups in total. The Morgan fingerprint density at radius 1 is 1.03 bits per heavy atom. The SMILES string of the molecule is CCCC(=O)N1CCN(C(=O)C2CN(C)CC3C(=O)N(c4ccccc4)NC23)CC1. The van der Waals surface area contributed by atoms with E-state index in [1.54, 1.807) is 5.01 Å². The summed E-state index contributed by atoms with van der Waals surface area (Å²) >= 11 is 0. The number of piperidine rings is 1. The van der Waals surface area contributed by atoms with E-state index in [-0.39, 0.29) is 35.6 Å².